The Labute approximate surface area is 104 Å². The molecule has 1 aliphatic heterocycles. The first-order valence-electron chi connectivity index (χ1n) is 5.91. The Morgan fingerprint density at radius 1 is 1.19 bits per heavy atom. The fraction of sp³-hybridized carbons (Fsp3) is 1.00. The lowest BCUT2D eigenvalue weighted by Gasteiger charge is -2.33. The second-order valence-corrected chi connectivity index (χ2v) is 6.67. The molecule has 1 heterocycles. The van der Waals surface area contributed by atoms with Gasteiger partial charge in [0.15, 0.2) is 0 Å². The minimum atomic E-state index is -3.00. The van der Waals surface area contributed by atoms with Gasteiger partial charge in [0.25, 0.3) is 0 Å². The van der Waals surface area contributed by atoms with E-state index in [1.54, 1.807) is 4.31 Å². The van der Waals surface area contributed by atoms with Crippen molar-refractivity contribution in [3.8, 4) is 0 Å². The Hall–Kier alpha value is 0.220. The monoisotopic (exact) mass is 266 g/mol. The average molecular weight is 266 g/mol. The molecule has 0 radical (unpaired) electrons. The molecule has 0 aliphatic carbocycles. The number of unbranched alkanes of at least 4 members (excludes halogenated alkanes) is 1. The van der Waals surface area contributed by atoms with Gasteiger partial charge < -0.3 is 0 Å². The number of hydrogen-bond acceptors (Lipinski definition) is 4. The summed E-state index contributed by atoms with van der Waals surface area (Å²) in [5.41, 5.74) is 0. The molecule has 0 unspecified atom stereocenters. The summed E-state index contributed by atoms with van der Waals surface area (Å²) in [6, 6.07) is 0. The molecule has 96 valence electrons. The molecule has 1 saturated heterocycles. The van der Waals surface area contributed by atoms with Crippen molar-refractivity contribution in [1.29, 1.82) is 0 Å². The zero-order valence-corrected chi connectivity index (χ0v) is 11.6. The third-order valence-corrected chi connectivity index (χ3v) is 5.05. The fourth-order valence-corrected chi connectivity index (χ4v) is 3.74. The number of rotatable bonds is 6. The second-order valence-electron chi connectivity index (χ2n) is 4.13. The first kappa shape index (κ1) is 14.3. The third kappa shape index (κ3) is 4.24. The molecule has 4 nitrogen and oxygen atoms in total. The van der Waals surface area contributed by atoms with Gasteiger partial charge >= 0.3 is 0 Å². The van der Waals surface area contributed by atoms with Crippen LogP contribution in [0, 0.1) is 0 Å². The molecule has 0 bridgehead atoms. The first-order chi connectivity index (χ1) is 7.60. The predicted molar refractivity (Wildman–Crippen MR) is 70.6 cm³/mol. The van der Waals surface area contributed by atoms with Gasteiger partial charge in [0.05, 0.1) is 5.75 Å². The van der Waals surface area contributed by atoms with Gasteiger partial charge in [-0.2, -0.15) is 16.9 Å². The summed E-state index contributed by atoms with van der Waals surface area (Å²) in [4.78, 5) is 2.26. The van der Waals surface area contributed by atoms with E-state index in [4.69, 9.17) is 0 Å². The van der Waals surface area contributed by atoms with Crippen LogP contribution in [0.1, 0.15) is 19.8 Å². The molecule has 0 aromatic heterocycles. The Bertz CT molecular complexity index is 285. The highest BCUT2D eigenvalue weighted by Crippen LogP contribution is 2.09. The zero-order valence-electron chi connectivity index (χ0n) is 9.93. The minimum Gasteiger partial charge on any atom is -0.300 e. The summed E-state index contributed by atoms with van der Waals surface area (Å²) in [6.45, 7) is 5.92. The van der Waals surface area contributed by atoms with Gasteiger partial charge in [-0.15, -0.1) is 0 Å². The van der Waals surface area contributed by atoms with E-state index in [1.807, 2.05) is 6.92 Å². The molecule has 0 aromatic rings. The van der Waals surface area contributed by atoms with Crippen molar-refractivity contribution in [3.05, 3.63) is 0 Å². The fourth-order valence-electron chi connectivity index (χ4n) is 1.83. The van der Waals surface area contributed by atoms with Crippen LogP contribution in [-0.2, 0) is 10.0 Å². The third-order valence-electron chi connectivity index (χ3n) is 2.90. The Balaban J connectivity index is 2.40. The molecule has 1 aliphatic rings. The highest BCUT2D eigenvalue weighted by Gasteiger charge is 2.25. The molecule has 0 amide bonds. The number of nitrogens with zero attached hydrogens (tertiary/aromatic N) is 2. The lowest BCUT2D eigenvalue weighted by molar-refractivity contribution is 0.198. The summed E-state index contributed by atoms with van der Waals surface area (Å²) in [6.07, 6.45) is 1.69. The summed E-state index contributed by atoms with van der Waals surface area (Å²) >= 11 is 4.18. The minimum absolute atomic E-state index is 0.302. The number of sulfonamides is 1. The zero-order chi connectivity index (χ0) is 12.0. The number of hydrogen-bond donors (Lipinski definition) is 1. The van der Waals surface area contributed by atoms with Crippen LogP contribution in [0.25, 0.3) is 0 Å². The normalized spacial score (nSPS) is 20.1. The van der Waals surface area contributed by atoms with Crippen molar-refractivity contribution >= 4 is 22.7 Å². The lowest BCUT2D eigenvalue weighted by Crippen LogP contribution is -2.49. The van der Waals surface area contributed by atoms with E-state index in [9.17, 15) is 8.42 Å². The Morgan fingerprint density at radius 3 is 2.31 bits per heavy atom. The molecule has 0 saturated carbocycles. The van der Waals surface area contributed by atoms with Gasteiger partial charge in [-0.25, -0.2) is 8.42 Å². The lowest BCUT2D eigenvalue weighted by atomic mass is 10.4. The largest absolute Gasteiger partial charge is 0.300 e. The molecule has 0 atom stereocenters. The van der Waals surface area contributed by atoms with Gasteiger partial charge in [0, 0.05) is 38.5 Å². The van der Waals surface area contributed by atoms with Crippen LogP contribution < -0.4 is 0 Å². The van der Waals surface area contributed by atoms with Crippen molar-refractivity contribution < 1.29 is 8.42 Å². The van der Waals surface area contributed by atoms with Crippen molar-refractivity contribution in [1.82, 2.24) is 9.21 Å². The van der Waals surface area contributed by atoms with Crippen LogP contribution in [-0.4, -0.2) is 61.9 Å². The summed E-state index contributed by atoms with van der Waals surface area (Å²) in [5.74, 6) is 1.14. The van der Waals surface area contributed by atoms with Crippen LogP contribution in [0.4, 0.5) is 0 Å². The molecule has 0 N–H and O–H groups in total. The van der Waals surface area contributed by atoms with Crippen molar-refractivity contribution in [2.45, 2.75) is 19.8 Å². The SMILES string of the molecule is CCCCS(=O)(=O)N1CCN(CCS)CC1. The van der Waals surface area contributed by atoms with Crippen molar-refractivity contribution in [2.24, 2.45) is 0 Å². The maximum absolute atomic E-state index is 11.9. The van der Waals surface area contributed by atoms with Crippen LogP contribution in [0.2, 0.25) is 0 Å². The molecular weight excluding hydrogens is 244 g/mol. The summed E-state index contributed by atoms with van der Waals surface area (Å²) < 4.78 is 25.4. The molecule has 0 aromatic carbocycles. The average Bonchev–Trinajstić information content (AvgIpc) is 2.28. The van der Waals surface area contributed by atoms with E-state index in [2.05, 4.69) is 17.5 Å². The smallest absolute Gasteiger partial charge is 0.214 e. The van der Waals surface area contributed by atoms with E-state index in [1.165, 1.54) is 0 Å². The topological polar surface area (TPSA) is 40.6 Å². The van der Waals surface area contributed by atoms with Crippen molar-refractivity contribution in [3.63, 3.8) is 0 Å². The van der Waals surface area contributed by atoms with E-state index in [0.29, 0.717) is 18.8 Å². The molecule has 16 heavy (non-hydrogen) atoms. The van der Waals surface area contributed by atoms with Gasteiger partial charge in [-0.3, -0.25) is 4.90 Å². The standard InChI is InChI=1S/C10H22N2O2S2/c1-2-3-10-16(13,14)12-6-4-11(5-7-12)8-9-15/h15H,2-10H2,1H3. The van der Waals surface area contributed by atoms with Crippen LogP contribution in [0.5, 0.6) is 0 Å². The molecule has 1 rings (SSSR count). The van der Waals surface area contributed by atoms with Crippen LogP contribution >= 0.6 is 12.6 Å². The van der Waals surface area contributed by atoms with Gasteiger partial charge in [-0.05, 0) is 6.42 Å². The molecule has 0 spiro atoms. The highest BCUT2D eigenvalue weighted by molar-refractivity contribution is 7.89. The van der Waals surface area contributed by atoms with Crippen molar-refractivity contribution in [2.75, 3.05) is 44.2 Å². The van der Waals surface area contributed by atoms with E-state index < -0.39 is 10.0 Å². The van der Waals surface area contributed by atoms with E-state index >= 15 is 0 Å². The van der Waals surface area contributed by atoms with E-state index in [-0.39, 0.29) is 0 Å². The summed E-state index contributed by atoms with van der Waals surface area (Å²) in [7, 11) is -3.00. The summed E-state index contributed by atoms with van der Waals surface area (Å²) in [5, 5.41) is 0. The number of thiol groups is 1. The van der Waals surface area contributed by atoms with Gasteiger partial charge in [0.2, 0.25) is 10.0 Å². The molecule has 1 fully saturated rings. The maximum atomic E-state index is 11.9. The first-order valence-corrected chi connectivity index (χ1v) is 8.15. The van der Waals surface area contributed by atoms with Crippen LogP contribution in [0.3, 0.4) is 0 Å². The predicted octanol–water partition coefficient (Wildman–Crippen LogP) is 0.664. The molecule has 6 heteroatoms. The highest BCUT2D eigenvalue weighted by atomic mass is 32.2. The van der Waals surface area contributed by atoms with Gasteiger partial charge in [-0.1, -0.05) is 13.3 Å². The Kier molecular flexibility index (Phi) is 6.10. The quantitative estimate of drug-likeness (QED) is 0.718. The maximum Gasteiger partial charge on any atom is 0.214 e. The second kappa shape index (κ2) is 6.83. The van der Waals surface area contributed by atoms with E-state index in [0.717, 1.165) is 38.2 Å². The molecular formula is C10H22N2O2S2. The van der Waals surface area contributed by atoms with Gasteiger partial charge in [0.1, 0.15) is 0 Å². The Morgan fingerprint density at radius 2 is 1.81 bits per heavy atom. The number of piperazine rings is 1. The van der Waals surface area contributed by atoms with Crippen LogP contribution in [0.15, 0.2) is 0 Å².